The van der Waals surface area contributed by atoms with E-state index in [1.807, 2.05) is 19.9 Å². The Hall–Kier alpha value is -3.15. The second-order valence-electron chi connectivity index (χ2n) is 9.56. The maximum Gasteiger partial charge on any atom is 0.0979 e. The van der Waals surface area contributed by atoms with E-state index in [4.69, 9.17) is 15.5 Å². The van der Waals surface area contributed by atoms with Gasteiger partial charge < -0.3 is 15.8 Å². The standard InChI is InChI=1S/C31H42N4O/c1-6-30(32)24(3)20-23(2)29-12-9-28(10-13-29)22-33-26(5)34-31-14-11-27(21-25(31)4)8-7-15-35-16-18-36-19-17-35/h6,9-14,21H,2-3,7-8,15-20,22,32H2,1,4-5H3,(H,33,34)/b30-6+. The quantitative estimate of drug-likeness (QED) is 0.228. The number of aryl methyl sites for hydroxylation is 2. The van der Waals surface area contributed by atoms with Gasteiger partial charge in [-0.2, -0.15) is 0 Å². The molecule has 3 rings (SSSR count). The molecule has 1 saturated heterocycles. The van der Waals surface area contributed by atoms with Gasteiger partial charge in [0, 0.05) is 24.5 Å². The number of anilines is 1. The zero-order chi connectivity index (χ0) is 25.9. The van der Waals surface area contributed by atoms with Crippen molar-refractivity contribution in [2.45, 2.75) is 46.6 Å². The zero-order valence-corrected chi connectivity index (χ0v) is 22.3. The molecule has 5 nitrogen and oxygen atoms in total. The molecule has 0 amide bonds. The summed E-state index contributed by atoms with van der Waals surface area (Å²) in [4.78, 5) is 7.24. The highest BCUT2D eigenvalue weighted by atomic mass is 16.5. The fraction of sp³-hybridized carbons (Fsp3) is 0.387. The van der Waals surface area contributed by atoms with E-state index in [2.05, 4.69) is 72.8 Å². The van der Waals surface area contributed by atoms with E-state index >= 15 is 0 Å². The van der Waals surface area contributed by atoms with Gasteiger partial charge in [-0.1, -0.05) is 55.6 Å². The van der Waals surface area contributed by atoms with Crippen molar-refractivity contribution < 1.29 is 4.74 Å². The highest BCUT2D eigenvalue weighted by molar-refractivity contribution is 5.94. The number of ether oxygens (including phenoxy) is 1. The minimum absolute atomic E-state index is 0.627. The lowest BCUT2D eigenvalue weighted by Crippen LogP contribution is -2.36. The van der Waals surface area contributed by atoms with E-state index in [0.717, 1.165) is 78.8 Å². The Morgan fingerprint density at radius 2 is 1.81 bits per heavy atom. The Balaban J connectivity index is 1.48. The van der Waals surface area contributed by atoms with Crippen LogP contribution in [0.5, 0.6) is 0 Å². The van der Waals surface area contributed by atoms with Crippen LogP contribution in [0.3, 0.4) is 0 Å². The molecule has 1 fully saturated rings. The molecule has 1 aliphatic heterocycles. The van der Waals surface area contributed by atoms with Gasteiger partial charge in [-0.25, -0.2) is 0 Å². The molecule has 36 heavy (non-hydrogen) atoms. The molecule has 3 N–H and O–H groups in total. The third kappa shape index (κ3) is 8.51. The molecule has 0 saturated carbocycles. The highest BCUT2D eigenvalue weighted by Gasteiger charge is 2.10. The highest BCUT2D eigenvalue weighted by Crippen LogP contribution is 2.23. The summed E-state index contributed by atoms with van der Waals surface area (Å²) in [5.74, 6) is 0.907. The molecule has 0 radical (unpaired) electrons. The van der Waals surface area contributed by atoms with Crippen LogP contribution < -0.4 is 11.1 Å². The van der Waals surface area contributed by atoms with Crippen LogP contribution in [0.4, 0.5) is 5.69 Å². The number of nitrogens with two attached hydrogens (primary N) is 1. The fourth-order valence-electron chi connectivity index (χ4n) is 4.31. The molecule has 0 bridgehead atoms. The molecule has 5 heteroatoms. The number of hydrogen-bond donors (Lipinski definition) is 2. The van der Waals surface area contributed by atoms with E-state index in [0.29, 0.717) is 13.0 Å². The molecule has 0 aliphatic carbocycles. The van der Waals surface area contributed by atoms with Crippen molar-refractivity contribution in [2.75, 3.05) is 38.2 Å². The Morgan fingerprint density at radius 3 is 2.47 bits per heavy atom. The van der Waals surface area contributed by atoms with E-state index in [-0.39, 0.29) is 0 Å². The molecule has 0 unspecified atom stereocenters. The van der Waals surface area contributed by atoms with Crippen molar-refractivity contribution in [1.82, 2.24) is 4.90 Å². The number of hydrogen-bond acceptors (Lipinski definition) is 4. The minimum atomic E-state index is 0.627. The van der Waals surface area contributed by atoms with Gasteiger partial charge in [0.25, 0.3) is 0 Å². The van der Waals surface area contributed by atoms with Crippen LogP contribution in [0.2, 0.25) is 0 Å². The van der Waals surface area contributed by atoms with Crippen molar-refractivity contribution in [3.63, 3.8) is 0 Å². The SMILES string of the molecule is C=C(CC(=C)c1ccc(CN=C(C)Nc2ccc(CCCN3CCOCC3)cc2C)cc1)/C(N)=C\C. The average Bonchev–Trinajstić information content (AvgIpc) is 2.89. The van der Waals surface area contributed by atoms with Crippen LogP contribution in [0.15, 0.2) is 78.0 Å². The summed E-state index contributed by atoms with van der Waals surface area (Å²) >= 11 is 0. The first-order valence-electron chi connectivity index (χ1n) is 12.9. The Kier molecular flexibility index (Phi) is 10.5. The van der Waals surface area contributed by atoms with Crippen molar-refractivity contribution >= 4 is 17.1 Å². The number of morpholine rings is 1. The van der Waals surface area contributed by atoms with Gasteiger partial charge in [0.1, 0.15) is 0 Å². The van der Waals surface area contributed by atoms with Crippen molar-refractivity contribution in [3.05, 3.63) is 95.2 Å². The normalized spacial score (nSPS) is 15.1. The predicted molar refractivity (Wildman–Crippen MR) is 154 cm³/mol. The molecule has 0 aromatic heterocycles. The molecule has 0 atom stereocenters. The zero-order valence-electron chi connectivity index (χ0n) is 22.3. The first-order valence-corrected chi connectivity index (χ1v) is 12.9. The molecule has 0 spiro atoms. The topological polar surface area (TPSA) is 62.9 Å². The van der Waals surface area contributed by atoms with Crippen LogP contribution in [-0.4, -0.2) is 43.6 Å². The summed E-state index contributed by atoms with van der Waals surface area (Å²) in [6, 6.07) is 15.1. The van der Waals surface area contributed by atoms with Crippen LogP contribution in [0.1, 0.15) is 48.9 Å². The lowest BCUT2D eigenvalue weighted by atomic mass is 9.98. The fourth-order valence-corrected chi connectivity index (χ4v) is 4.31. The number of amidine groups is 1. The molecular formula is C31H42N4O. The summed E-state index contributed by atoms with van der Waals surface area (Å²) in [5, 5.41) is 3.47. The number of benzene rings is 2. The van der Waals surface area contributed by atoms with Gasteiger partial charge in [-0.05, 0) is 86.0 Å². The number of nitrogens with one attached hydrogen (secondary N) is 1. The predicted octanol–water partition coefficient (Wildman–Crippen LogP) is 6.11. The largest absolute Gasteiger partial charge is 0.399 e. The lowest BCUT2D eigenvalue weighted by molar-refractivity contribution is 0.0375. The van der Waals surface area contributed by atoms with Crippen molar-refractivity contribution in [2.24, 2.45) is 10.7 Å². The third-order valence-electron chi connectivity index (χ3n) is 6.66. The summed E-state index contributed by atoms with van der Waals surface area (Å²) in [7, 11) is 0. The summed E-state index contributed by atoms with van der Waals surface area (Å²) < 4.78 is 5.43. The van der Waals surface area contributed by atoms with Crippen LogP contribution in [0.25, 0.3) is 5.57 Å². The van der Waals surface area contributed by atoms with E-state index in [9.17, 15) is 0 Å². The Labute approximate surface area is 217 Å². The number of rotatable bonds is 11. The second-order valence-corrected chi connectivity index (χ2v) is 9.56. The first-order chi connectivity index (χ1) is 17.4. The summed E-state index contributed by atoms with van der Waals surface area (Å²) in [5.41, 5.74) is 14.6. The van der Waals surface area contributed by atoms with Crippen LogP contribution in [0, 0.1) is 6.92 Å². The molecule has 1 heterocycles. The molecular weight excluding hydrogens is 444 g/mol. The van der Waals surface area contributed by atoms with Crippen molar-refractivity contribution in [1.29, 1.82) is 0 Å². The number of allylic oxidation sites excluding steroid dienone is 3. The number of nitrogens with zero attached hydrogens (tertiary/aromatic N) is 2. The summed E-state index contributed by atoms with van der Waals surface area (Å²) in [6.07, 6.45) is 4.82. The van der Waals surface area contributed by atoms with Crippen molar-refractivity contribution in [3.8, 4) is 0 Å². The van der Waals surface area contributed by atoms with Gasteiger partial charge >= 0.3 is 0 Å². The monoisotopic (exact) mass is 486 g/mol. The van der Waals surface area contributed by atoms with Gasteiger partial charge in [0.15, 0.2) is 0 Å². The minimum Gasteiger partial charge on any atom is -0.399 e. The molecule has 1 aliphatic rings. The van der Waals surface area contributed by atoms with Gasteiger partial charge in [-0.3, -0.25) is 9.89 Å². The smallest absolute Gasteiger partial charge is 0.0979 e. The number of aliphatic imine (C=N–C) groups is 1. The maximum absolute atomic E-state index is 5.95. The Morgan fingerprint density at radius 1 is 1.11 bits per heavy atom. The molecule has 192 valence electrons. The lowest BCUT2D eigenvalue weighted by Gasteiger charge is -2.26. The van der Waals surface area contributed by atoms with E-state index in [1.54, 1.807) is 0 Å². The maximum atomic E-state index is 5.95. The first kappa shape index (κ1) is 27.4. The second kappa shape index (κ2) is 13.8. The Bertz CT molecular complexity index is 1090. The van der Waals surface area contributed by atoms with Crippen LogP contribution in [-0.2, 0) is 17.7 Å². The van der Waals surface area contributed by atoms with E-state index in [1.165, 1.54) is 17.5 Å². The van der Waals surface area contributed by atoms with Gasteiger partial charge in [0.2, 0.25) is 0 Å². The summed E-state index contributed by atoms with van der Waals surface area (Å²) in [6.45, 7) is 20.0. The van der Waals surface area contributed by atoms with Crippen LogP contribution >= 0.6 is 0 Å². The molecule has 2 aromatic carbocycles. The third-order valence-corrected chi connectivity index (χ3v) is 6.66. The molecule has 2 aromatic rings. The van der Waals surface area contributed by atoms with Gasteiger partial charge in [0.05, 0.1) is 25.6 Å². The average molecular weight is 487 g/mol. The van der Waals surface area contributed by atoms with E-state index < -0.39 is 0 Å². The van der Waals surface area contributed by atoms with Gasteiger partial charge in [-0.15, -0.1) is 0 Å².